The number of amides is 3. The summed E-state index contributed by atoms with van der Waals surface area (Å²) >= 11 is 0. The van der Waals surface area contributed by atoms with Gasteiger partial charge in [0.15, 0.2) is 0 Å². The van der Waals surface area contributed by atoms with Gasteiger partial charge >= 0.3 is 7.59 Å². The zero-order valence-corrected chi connectivity index (χ0v) is 12.2. The maximum Gasteiger partial charge on any atom is 0.367 e. The van der Waals surface area contributed by atoms with Crippen LogP contribution in [0.15, 0.2) is 0 Å². The average molecular weight is 299 g/mol. The minimum absolute atomic E-state index is 0.215. The molecule has 0 bridgehead atoms. The van der Waals surface area contributed by atoms with Gasteiger partial charge in [-0.05, 0) is 19.3 Å². The van der Waals surface area contributed by atoms with Crippen LogP contribution in [-0.4, -0.2) is 51.4 Å². The maximum atomic E-state index is 13.6. The Labute approximate surface area is 117 Å². The molecular weight excluding hydrogens is 281 g/mol. The van der Waals surface area contributed by atoms with E-state index in [0.29, 0.717) is 58.2 Å². The van der Waals surface area contributed by atoms with Gasteiger partial charge in [0.05, 0.1) is 0 Å². The molecule has 0 aromatic heterocycles. The van der Waals surface area contributed by atoms with Crippen LogP contribution < -0.4 is 0 Å². The van der Waals surface area contributed by atoms with Gasteiger partial charge in [-0.2, -0.15) is 0 Å². The zero-order chi connectivity index (χ0) is 14.3. The van der Waals surface area contributed by atoms with E-state index in [2.05, 4.69) is 0 Å². The number of nitrogens with zero attached hydrogens (tertiary/aromatic N) is 3. The summed E-state index contributed by atoms with van der Waals surface area (Å²) in [5.41, 5.74) is 0. The van der Waals surface area contributed by atoms with Crippen LogP contribution >= 0.6 is 7.59 Å². The second-order valence-electron chi connectivity index (χ2n) is 5.37. The molecule has 20 heavy (non-hydrogen) atoms. The number of rotatable bonds is 3. The van der Waals surface area contributed by atoms with Crippen LogP contribution in [0.25, 0.3) is 0 Å². The molecule has 3 aliphatic rings. The highest BCUT2D eigenvalue weighted by molar-refractivity contribution is 7.58. The highest BCUT2D eigenvalue weighted by atomic mass is 31.2. The van der Waals surface area contributed by atoms with Crippen LogP contribution in [0.1, 0.15) is 38.5 Å². The van der Waals surface area contributed by atoms with E-state index in [1.807, 2.05) is 0 Å². The molecule has 3 amide bonds. The van der Waals surface area contributed by atoms with Gasteiger partial charge in [0.25, 0.3) is 0 Å². The molecule has 0 aromatic carbocycles. The van der Waals surface area contributed by atoms with Crippen molar-refractivity contribution in [1.29, 1.82) is 0 Å². The first kappa shape index (κ1) is 13.6. The summed E-state index contributed by atoms with van der Waals surface area (Å²) in [6, 6.07) is 0. The van der Waals surface area contributed by atoms with Crippen LogP contribution in [0.5, 0.6) is 0 Å². The maximum absolute atomic E-state index is 13.6. The van der Waals surface area contributed by atoms with E-state index in [0.717, 1.165) is 0 Å². The van der Waals surface area contributed by atoms with E-state index in [1.54, 1.807) is 0 Å². The third kappa shape index (κ3) is 1.87. The van der Waals surface area contributed by atoms with E-state index in [-0.39, 0.29) is 17.7 Å². The van der Waals surface area contributed by atoms with Gasteiger partial charge < -0.3 is 0 Å². The molecule has 3 heterocycles. The predicted molar refractivity (Wildman–Crippen MR) is 70.4 cm³/mol. The van der Waals surface area contributed by atoms with Crippen LogP contribution in [0, 0.1) is 0 Å². The van der Waals surface area contributed by atoms with Gasteiger partial charge in [-0.15, -0.1) is 0 Å². The summed E-state index contributed by atoms with van der Waals surface area (Å²) in [6.07, 6.45) is 2.92. The molecule has 3 aliphatic heterocycles. The Bertz CT molecular complexity index is 450. The topological polar surface area (TPSA) is 78.0 Å². The van der Waals surface area contributed by atoms with Gasteiger partial charge in [0, 0.05) is 38.9 Å². The fraction of sp³-hybridized carbons (Fsp3) is 0.750. The van der Waals surface area contributed by atoms with Crippen molar-refractivity contribution >= 4 is 25.3 Å². The Morgan fingerprint density at radius 3 is 1.15 bits per heavy atom. The van der Waals surface area contributed by atoms with Crippen molar-refractivity contribution < 1.29 is 18.9 Å². The van der Waals surface area contributed by atoms with E-state index >= 15 is 0 Å². The summed E-state index contributed by atoms with van der Waals surface area (Å²) < 4.78 is 17.4. The number of carbonyl (C=O) groups excluding carboxylic acids is 3. The van der Waals surface area contributed by atoms with Crippen molar-refractivity contribution in [2.24, 2.45) is 0 Å². The second kappa shape index (κ2) is 4.88. The van der Waals surface area contributed by atoms with E-state index in [4.69, 9.17) is 0 Å². The van der Waals surface area contributed by atoms with Crippen molar-refractivity contribution in [3.05, 3.63) is 0 Å². The van der Waals surface area contributed by atoms with Gasteiger partial charge in [0.2, 0.25) is 17.7 Å². The third-order valence-electron chi connectivity index (χ3n) is 4.09. The number of hydrogen-bond acceptors (Lipinski definition) is 4. The lowest BCUT2D eigenvalue weighted by Gasteiger charge is -2.39. The Hall–Kier alpha value is -1.36. The number of hydrogen-bond donors (Lipinski definition) is 0. The molecule has 8 heteroatoms. The Kier molecular flexibility index (Phi) is 3.32. The quantitative estimate of drug-likeness (QED) is 0.727. The van der Waals surface area contributed by atoms with Crippen LogP contribution in [-0.2, 0) is 18.9 Å². The normalized spacial score (nSPS) is 24.4. The minimum atomic E-state index is -3.58. The smallest absolute Gasteiger partial charge is 0.274 e. The minimum Gasteiger partial charge on any atom is -0.274 e. The van der Waals surface area contributed by atoms with Gasteiger partial charge in [-0.25, -0.2) is 4.57 Å². The molecule has 0 aliphatic carbocycles. The molecule has 7 nitrogen and oxygen atoms in total. The van der Waals surface area contributed by atoms with Crippen LogP contribution in [0.4, 0.5) is 0 Å². The molecule has 0 unspecified atom stereocenters. The highest BCUT2D eigenvalue weighted by Gasteiger charge is 2.52. The Balaban J connectivity index is 2.02. The Morgan fingerprint density at radius 2 is 0.950 bits per heavy atom. The third-order valence-corrected chi connectivity index (χ3v) is 7.25. The van der Waals surface area contributed by atoms with Crippen molar-refractivity contribution in [1.82, 2.24) is 14.0 Å². The van der Waals surface area contributed by atoms with Crippen LogP contribution in [0.2, 0.25) is 0 Å². The van der Waals surface area contributed by atoms with Crippen molar-refractivity contribution in [3.63, 3.8) is 0 Å². The molecule has 0 N–H and O–H groups in total. The number of carbonyl (C=O) groups is 3. The fourth-order valence-electron chi connectivity index (χ4n) is 3.12. The first-order chi connectivity index (χ1) is 9.55. The predicted octanol–water partition coefficient (Wildman–Crippen LogP) is 0.962. The standard InChI is InChI=1S/C12H18N3O4P/c16-10-4-1-7-13(10)20(19,14-8-2-5-11(14)17)15-9-3-6-12(15)18/h1-9H2. The van der Waals surface area contributed by atoms with Gasteiger partial charge in [-0.3, -0.25) is 28.4 Å². The first-order valence-electron chi connectivity index (χ1n) is 7.08. The summed E-state index contributed by atoms with van der Waals surface area (Å²) in [4.78, 5) is 36.1. The summed E-state index contributed by atoms with van der Waals surface area (Å²) in [5, 5.41) is 0. The largest absolute Gasteiger partial charge is 0.367 e. The van der Waals surface area contributed by atoms with E-state index in [1.165, 1.54) is 14.0 Å². The summed E-state index contributed by atoms with van der Waals surface area (Å²) in [6.45, 7) is 1.09. The lowest BCUT2D eigenvalue weighted by Crippen LogP contribution is -2.42. The SMILES string of the molecule is O=C1CCCN1P(=O)(N1CCCC1=O)N1CCCC1=O. The molecule has 3 fully saturated rings. The lowest BCUT2D eigenvalue weighted by atomic mass is 10.4. The lowest BCUT2D eigenvalue weighted by molar-refractivity contribution is -0.127. The fourth-order valence-corrected chi connectivity index (χ4v) is 6.28. The second-order valence-corrected chi connectivity index (χ2v) is 7.85. The van der Waals surface area contributed by atoms with E-state index < -0.39 is 7.59 Å². The summed E-state index contributed by atoms with van der Waals surface area (Å²) in [7, 11) is -3.58. The first-order valence-corrected chi connectivity index (χ1v) is 8.64. The molecule has 3 saturated heterocycles. The van der Waals surface area contributed by atoms with Gasteiger partial charge in [0.1, 0.15) is 0 Å². The Morgan fingerprint density at radius 1 is 0.650 bits per heavy atom. The monoisotopic (exact) mass is 299 g/mol. The average Bonchev–Trinajstić information content (AvgIpc) is 3.10. The molecule has 0 spiro atoms. The summed E-state index contributed by atoms with van der Waals surface area (Å²) in [5.74, 6) is -0.645. The molecule has 0 saturated carbocycles. The van der Waals surface area contributed by atoms with Crippen molar-refractivity contribution in [2.45, 2.75) is 38.5 Å². The van der Waals surface area contributed by atoms with Crippen LogP contribution in [0.3, 0.4) is 0 Å². The van der Waals surface area contributed by atoms with Crippen molar-refractivity contribution in [2.75, 3.05) is 19.6 Å². The molecule has 0 aromatic rings. The molecule has 110 valence electrons. The highest BCUT2D eigenvalue weighted by Crippen LogP contribution is 2.60. The molecule has 0 atom stereocenters. The van der Waals surface area contributed by atoms with Crippen molar-refractivity contribution in [3.8, 4) is 0 Å². The molecule has 3 rings (SSSR count). The molecular formula is C12H18N3O4P. The van der Waals surface area contributed by atoms with E-state index in [9.17, 15) is 18.9 Å². The zero-order valence-electron chi connectivity index (χ0n) is 11.3. The molecule has 0 radical (unpaired) electrons. The van der Waals surface area contributed by atoms with Gasteiger partial charge in [-0.1, -0.05) is 0 Å².